The molecule has 0 aliphatic carbocycles. The van der Waals surface area contributed by atoms with E-state index in [0.29, 0.717) is 0 Å². The molecule has 0 amide bonds. The summed E-state index contributed by atoms with van der Waals surface area (Å²) < 4.78 is 38.0. The van der Waals surface area contributed by atoms with Crippen LogP contribution < -0.4 is 5.73 Å². The van der Waals surface area contributed by atoms with Gasteiger partial charge in [0, 0.05) is 18.8 Å². The Morgan fingerprint density at radius 1 is 1.00 bits per heavy atom. The summed E-state index contributed by atoms with van der Waals surface area (Å²) in [4.78, 5) is 2.19. The molecule has 0 unspecified atom stereocenters. The average Bonchev–Trinajstić information content (AvgIpc) is 2.47. The van der Waals surface area contributed by atoms with Crippen LogP contribution in [0.3, 0.4) is 0 Å². The van der Waals surface area contributed by atoms with Crippen LogP contribution in [-0.2, 0) is 19.1 Å². The Morgan fingerprint density at radius 3 is 2.32 bits per heavy atom. The molecule has 22 heavy (non-hydrogen) atoms. The molecule has 0 fully saturated rings. The van der Waals surface area contributed by atoms with Crippen LogP contribution in [0.1, 0.15) is 16.7 Å². The number of halogens is 3. The lowest BCUT2D eigenvalue weighted by atomic mass is 9.89. The normalized spacial score (nSPS) is 15.6. The highest BCUT2D eigenvalue weighted by molar-refractivity contribution is 5.73. The summed E-state index contributed by atoms with van der Waals surface area (Å²) in [5.74, 6) is 0. The van der Waals surface area contributed by atoms with Gasteiger partial charge in [0.1, 0.15) is 0 Å². The second-order valence-corrected chi connectivity index (χ2v) is 5.72. The van der Waals surface area contributed by atoms with E-state index in [2.05, 4.69) is 4.90 Å². The Kier molecular flexibility index (Phi) is 3.60. The standard InChI is InChI=1S/C17H17F3N2/c1-22-9-8-14-13(6-7-16(21)15(14)10-22)11-2-4-12(5-3-11)17(18,19)20/h2-7H,8-10,21H2,1H3. The van der Waals surface area contributed by atoms with Crippen LogP contribution in [0, 0.1) is 0 Å². The van der Waals surface area contributed by atoms with Gasteiger partial charge in [-0.1, -0.05) is 18.2 Å². The number of fused-ring (bicyclic) bond motifs is 1. The average molecular weight is 306 g/mol. The maximum Gasteiger partial charge on any atom is 0.416 e. The van der Waals surface area contributed by atoms with Crippen LogP contribution in [0.25, 0.3) is 11.1 Å². The summed E-state index contributed by atoms with van der Waals surface area (Å²) in [6, 6.07) is 9.08. The van der Waals surface area contributed by atoms with Crippen molar-refractivity contribution >= 4 is 5.69 Å². The molecule has 2 nitrogen and oxygen atoms in total. The highest BCUT2D eigenvalue weighted by Crippen LogP contribution is 2.35. The lowest BCUT2D eigenvalue weighted by molar-refractivity contribution is -0.137. The summed E-state index contributed by atoms with van der Waals surface area (Å²) >= 11 is 0. The zero-order chi connectivity index (χ0) is 15.9. The first-order valence-electron chi connectivity index (χ1n) is 7.12. The topological polar surface area (TPSA) is 29.3 Å². The molecule has 5 heteroatoms. The van der Waals surface area contributed by atoms with Gasteiger partial charge in [0.15, 0.2) is 0 Å². The van der Waals surface area contributed by atoms with Gasteiger partial charge < -0.3 is 10.6 Å². The fraction of sp³-hybridized carbons (Fsp3) is 0.294. The summed E-state index contributed by atoms with van der Waals surface area (Å²) in [6.07, 6.45) is -3.45. The van der Waals surface area contributed by atoms with E-state index in [1.54, 1.807) is 0 Å². The van der Waals surface area contributed by atoms with Crippen LogP contribution in [-0.4, -0.2) is 18.5 Å². The van der Waals surface area contributed by atoms with Crippen molar-refractivity contribution in [3.63, 3.8) is 0 Å². The lowest BCUT2D eigenvalue weighted by Crippen LogP contribution is -2.27. The predicted molar refractivity (Wildman–Crippen MR) is 81.3 cm³/mol. The molecular formula is C17H17F3N2. The largest absolute Gasteiger partial charge is 0.416 e. The van der Waals surface area contributed by atoms with Gasteiger partial charge in [0.25, 0.3) is 0 Å². The zero-order valence-electron chi connectivity index (χ0n) is 12.2. The number of anilines is 1. The molecule has 1 heterocycles. The molecule has 0 aromatic heterocycles. The molecule has 2 aromatic rings. The molecule has 0 bridgehead atoms. The second-order valence-electron chi connectivity index (χ2n) is 5.72. The van der Waals surface area contributed by atoms with Gasteiger partial charge in [-0.3, -0.25) is 0 Å². The van der Waals surface area contributed by atoms with E-state index in [9.17, 15) is 13.2 Å². The fourth-order valence-electron chi connectivity index (χ4n) is 2.94. The number of likely N-dealkylation sites (N-methyl/N-ethyl adjacent to an activating group) is 1. The van der Waals surface area contributed by atoms with Crippen LogP contribution in [0.2, 0.25) is 0 Å². The maximum atomic E-state index is 12.7. The molecule has 2 N–H and O–H groups in total. The van der Waals surface area contributed by atoms with Gasteiger partial charge in [0.05, 0.1) is 5.56 Å². The van der Waals surface area contributed by atoms with E-state index >= 15 is 0 Å². The number of nitrogens with two attached hydrogens (primary N) is 1. The minimum Gasteiger partial charge on any atom is -0.398 e. The summed E-state index contributed by atoms with van der Waals surface area (Å²) in [5, 5.41) is 0. The van der Waals surface area contributed by atoms with Crippen molar-refractivity contribution in [2.45, 2.75) is 19.1 Å². The van der Waals surface area contributed by atoms with Crippen LogP contribution >= 0.6 is 0 Å². The number of hydrogen-bond acceptors (Lipinski definition) is 2. The van der Waals surface area contributed by atoms with Crippen LogP contribution in [0.15, 0.2) is 36.4 Å². The van der Waals surface area contributed by atoms with Gasteiger partial charge in [-0.15, -0.1) is 0 Å². The number of alkyl halides is 3. The van der Waals surface area contributed by atoms with Crippen molar-refractivity contribution in [2.24, 2.45) is 0 Å². The molecule has 1 aliphatic rings. The number of nitrogen functional groups attached to an aromatic ring is 1. The molecule has 3 rings (SSSR count). The maximum absolute atomic E-state index is 12.7. The third kappa shape index (κ3) is 2.68. The highest BCUT2D eigenvalue weighted by atomic mass is 19.4. The minimum atomic E-state index is -4.30. The second kappa shape index (κ2) is 5.32. The Morgan fingerprint density at radius 2 is 1.68 bits per heavy atom. The van der Waals surface area contributed by atoms with Crippen molar-refractivity contribution < 1.29 is 13.2 Å². The van der Waals surface area contributed by atoms with Gasteiger partial charge in [-0.2, -0.15) is 13.2 Å². The third-order valence-electron chi connectivity index (χ3n) is 4.16. The first-order chi connectivity index (χ1) is 10.4. The number of hydrogen-bond donors (Lipinski definition) is 1. The molecule has 0 saturated heterocycles. The van der Waals surface area contributed by atoms with Crippen molar-refractivity contribution in [3.05, 3.63) is 53.1 Å². The van der Waals surface area contributed by atoms with Gasteiger partial charge in [0.2, 0.25) is 0 Å². The molecule has 0 spiro atoms. The van der Waals surface area contributed by atoms with Crippen LogP contribution in [0.4, 0.5) is 18.9 Å². The Labute approximate surface area is 127 Å². The lowest BCUT2D eigenvalue weighted by Gasteiger charge is -2.28. The van der Waals surface area contributed by atoms with Crippen LogP contribution in [0.5, 0.6) is 0 Å². The molecule has 2 aromatic carbocycles. The Bertz CT molecular complexity index is 690. The molecule has 1 aliphatic heterocycles. The van der Waals surface area contributed by atoms with Crippen molar-refractivity contribution in [2.75, 3.05) is 19.3 Å². The molecule has 0 saturated carbocycles. The van der Waals surface area contributed by atoms with Gasteiger partial charge in [-0.05, 0) is 53.9 Å². The van der Waals surface area contributed by atoms with Gasteiger partial charge >= 0.3 is 6.18 Å². The molecular weight excluding hydrogens is 289 g/mol. The zero-order valence-corrected chi connectivity index (χ0v) is 12.2. The van der Waals surface area contributed by atoms with E-state index in [4.69, 9.17) is 5.73 Å². The molecule has 0 radical (unpaired) electrons. The minimum absolute atomic E-state index is 0.625. The number of nitrogens with zero attached hydrogens (tertiary/aromatic N) is 1. The SMILES string of the molecule is CN1CCc2c(-c3ccc(C(F)(F)F)cc3)ccc(N)c2C1. The quantitative estimate of drug-likeness (QED) is 0.809. The number of benzene rings is 2. The van der Waals surface area contributed by atoms with E-state index in [1.165, 1.54) is 12.1 Å². The van der Waals surface area contributed by atoms with Crippen molar-refractivity contribution in [1.29, 1.82) is 0 Å². The first-order valence-corrected chi connectivity index (χ1v) is 7.12. The summed E-state index contributed by atoms with van der Waals surface area (Å²) in [7, 11) is 2.03. The van der Waals surface area contributed by atoms with Crippen molar-refractivity contribution in [1.82, 2.24) is 4.90 Å². The monoisotopic (exact) mass is 306 g/mol. The predicted octanol–water partition coefficient (Wildman–Crippen LogP) is 3.94. The summed E-state index contributed by atoms with van der Waals surface area (Å²) in [6.45, 7) is 1.69. The Hall–Kier alpha value is -2.01. The van der Waals surface area contributed by atoms with E-state index in [1.807, 2.05) is 19.2 Å². The first kappa shape index (κ1) is 14.9. The smallest absolute Gasteiger partial charge is 0.398 e. The van der Waals surface area contributed by atoms with E-state index in [-0.39, 0.29) is 0 Å². The number of rotatable bonds is 1. The molecule has 0 atom stereocenters. The van der Waals surface area contributed by atoms with Gasteiger partial charge in [-0.25, -0.2) is 0 Å². The van der Waals surface area contributed by atoms with E-state index in [0.717, 1.165) is 59.6 Å². The summed E-state index contributed by atoms with van der Waals surface area (Å²) in [5.41, 5.74) is 10.2. The fourth-order valence-corrected chi connectivity index (χ4v) is 2.94. The van der Waals surface area contributed by atoms with E-state index < -0.39 is 11.7 Å². The Balaban J connectivity index is 2.04. The van der Waals surface area contributed by atoms with Crippen molar-refractivity contribution in [3.8, 4) is 11.1 Å². The molecule has 116 valence electrons. The highest BCUT2D eigenvalue weighted by Gasteiger charge is 2.30. The third-order valence-corrected chi connectivity index (χ3v) is 4.16.